The lowest BCUT2D eigenvalue weighted by Gasteiger charge is -2.31. The number of amides is 1. The van der Waals surface area contributed by atoms with Crippen LogP contribution < -0.4 is 0 Å². The number of fused-ring (bicyclic) bond motifs is 1. The summed E-state index contributed by atoms with van der Waals surface area (Å²) in [7, 11) is 0. The normalized spacial score (nSPS) is 17.1. The number of carbonyl (C=O) groups excluding carboxylic acids is 1. The fourth-order valence-corrected chi connectivity index (χ4v) is 4.25. The molecule has 1 saturated heterocycles. The maximum atomic E-state index is 13.1. The van der Waals surface area contributed by atoms with Gasteiger partial charge in [-0.2, -0.15) is 5.10 Å². The summed E-state index contributed by atoms with van der Waals surface area (Å²) in [4.78, 5) is 25.9. The van der Waals surface area contributed by atoms with Gasteiger partial charge in [0.2, 0.25) is 0 Å². The Morgan fingerprint density at radius 1 is 1.15 bits per heavy atom. The van der Waals surface area contributed by atoms with Crippen LogP contribution in [0.4, 0.5) is 0 Å². The maximum absolute atomic E-state index is 13.1. The number of carboxylic acids is 1. The number of aliphatic carboxylic acids is 1. The van der Waals surface area contributed by atoms with E-state index in [9.17, 15) is 9.59 Å². The van der Waals surface area contributed by atoms with Gasteiger partial charge < -0.3 is 10.0 Å². The molecule has 0 unspecified atom stereocenters. The number of rotatable bonds is 4. The molecule has 2 heterocycles. The first-order valence-electron chi connectivity index (χ1n) is 9.72. The third kappa shape index (κ3) is 3.48. The number of carbonyl (C=O) groups is 2. The van der Waals surface area contributed by atoms with Gasteiger partial charge in [-0.3, -0.25) is 9.59 Å². The van der Waals surface area contributed by atoms with E-state index < -0.39 is 5.97 Å². The maximum Gasteiger partial charge on any atom is 0.303 e. The molecule has 0 atom stereocenters. The highest BCUT2D eigenvalue weighted by atomic mass is 16.4. The lowest BCUT2D eigenvalue weighted by atomic mass is 9.93. The molecule has 1 aromatic heterocycles. The summed E-state index contributed by atoms with van der Waals surface area (Å²) in [5.41, 5.74) is 5.03. The number of nitrogens with zero attached hydrogens (tertiary/aromatic N) is 3. The SMILES string of the molecule is Cc1ccc(-n2nc(C(=O)N3CCC(CC(=O)O)CC3)c3c2CCC3)cc1. The largest absolute Gasteiger partial charge is 0.481 e. The van der Waals surface area contributed by atoms with E-state index >= 15 is 0 Å². The summed E-state index contributed by atoms with van der Waals surface area (Å²) in [6.07, 6.45) is 4.60. The lowest BCUT2D eigenvalue weighted by Crippen LogP contribution is -2.39. The molecule has 1 fully saturated rings. The van der Waals surface area contributed by atoms with Gasteiger partial charge in [0.25, 0.3) is 5.91 Å². The summed E-state index contributed by atoms with van der Waals surface area (Å²) in [5, 5.41) is 13.7. The summed E-state index contributed by atoms with van der Waals surface area (Å²) in [5.74, 6) is -0.593. The second kappa shape index (κ2) is 7.18. The quantitative estimate of drug-likeness (QED) is 0.901. The van der Waals surface area contributed by atoms with E-state index in [-0.39, 0.29) is 18.2 Å². The Morgan fingerprint density at radius 3 is 2.52 bits per heavy atom. The molecule has 4 rings (SSSR count). The zero-order valence-electron chi connectivity index (χ0n) is 15.6. The summed E-state index contributed by atoms with van der Waals surface area (Å²) >= 11 is 0. The van der Waals surface area contributed by atoms with Gasteiger partial charge in [0.15, 0.2) is 5.69 Å². The number of carboxylic acid groups (broad SMARTS) is 1. The Hall–Kier alpha value is -2.63. The van der Waals surface area contributed by atoms with Crippen LogP contribution in [0.1, 0.15) is 53.0 Å². The van der Waals surface area contributed by atoms with Crippen molar-refractivity contribution in [1.82, 2.24) is 14.7 Å². The van der Waals surface area contributed by atoms with Gasteiger partial charge in [0.1, 0.15) is 0 Å². The van der Waals surface area contributed by atoms with Crippen molar-refractivity contribution >= 4 is 11.9 Å². The monoisotopic (exact) mass is 367 g/mol. The molecule has 1 amide bonds. The van der Waals surface area contributed by atoms with Gasteiger partial charge in [-0.1, -0.05) is 17.7 Å². The average Bonchev–Trinajstić information content (AvgIpc) is 3.25. The molecule has 1 aliphatic heterocycles. The Kier molecular flexibility index (Phi) is 4.72. The van der Waals surface area contributed by atoms with Crippen LogP contribution in [0.2, 0.25) is 0 Å². The van der Waals surface area contributed by atoms with Gasteiger partial charge in [-0.25, -0.2) is 4.68 Å². The average molecular weight is 367 g/mol. The molecule has 1 aliphatic carbocycles. The molecule has 0 bridgehead atoms. The van der Waals surface area contributed by atoms with Crippen LogP contribution >= 0.6 is 0 Å². The van der Waals surface area contributed by atoms with Crippen molar-refractivity contribution in [2.75, 3.05) is 13.1 Å². The molecule has 1 N–H and O–H groups in total. The fourth-order valence-electron chi connectivity index (χ4n) is 4.25. The lowest BCUT2D eigenvalue weighted by molar-refractivity contribution is -0.138. The van der Waals surface area contributed by atoms with Crippen LogP contribution in [0.15, 0.2) is 24.3 Å². The fraction of sp³-hybridized carbons (Fsp3) is 0.476. The highest BCUT2D eigenvalue weighted by Gasteiger charge is 2.31. The molecule has 2 aromatic rings. The minimum absolute atomic E-state index is 0.00668. The topological polar surface area (TPSA) is 75.4 Å². The van der Waals surface area contributed by atoms with Crippen molar-refractivity contribution in [2.45, 2.75) is 45.4 Å². The zero-order chi connectivity index (χ0) is 19.0. The Bertz CT molecular complexity index is 862. The summed E-state index contributed by atoms with van der Waals surface area (Å²) < 4.78 is 1.94. The predicted octanol–water partition coefficient (Wildman–Crippen LogP) is 3.00. The second-order valence-electron chi connectivity index (χ2n) is 7.71. The van der Waals surface area contributed by atoms with E-state index in [2.05, 4.69) is 19.1 Å². The molecular weight excluding hydrogens is 342 g/mol. The number of hydrogen-bond acceptors (Lipinski definition) is 3. The molecule has 0 spiro atoms. The summed E-state index contributed by atoms with van der Waals surface area (Å²) in [6.45, 7) is 3.28. The first-order chi connectivity index (χ1) is 13.0. The second-order valence-corrected chi connectivity index (χ2v) is 7.71. The third-order valence-electron chi connectivity index (χ3n) is 5.78. The standard InChI is InChI=1S/C21H25N3O3/c1-14-5-7-16(8-6-14)24-18-4-2-3-17(18)20(22-24)21(27)23-11-9-15(10-12-23)13-19(25)26/h5-8,15H,2-4,9-13H2,1H3,(H,25,26). The van der Waals surface area contributed by atoms with Crippen LogP contribution in [0.3, 0.4) is 0 Å². The number of aryl methyl sites for hydroxylation is 1. The van der Waals surface area contributed by atoms with Crippen molar-refractivity contribution in [3.8, 4) is 5.69 Å². The van der Waals surface area contributed by atoms with Crippen molar-refractivity contribution in [1.29, 1.82) is 0 Å². The number of hydrogen-bond donors (Lipinski definition) is 1. The highest BCUT2D eigenvalue weighted by molar-refractivity contribution is 5.94. The van der Waals surface area contributed by atoms with E-state index in [1.165, 1.54) is 5.56 Å². The van der Waals surface area contributed by atoms with E-state index in [0.717, 1.165) is 49.0 Å². The highest BCUT2D eigenvalue weighted by Crippen LogP contribution is 2.30. The van der Waals surface area contributed by atoms with Gasteiger partial charge in [-0.15, -0.1) is 0 Å². The zero-order valence-corrected chi connectivity index (χ0v) is 15.6. The van der Waals surface area contributed by atoms with Crippen LogP contribution in [-0.2, 0) is 17.6 Å². The minimum Gasteiger partial charge on any atom is -0.481 e. The summed E-state index contributed by atoms with van der Waals surface area (Å²) in [6, 6.07) is 8.22. The minimum atomic E-state index is -0.755. The van der Waals surface area contributed by atoms with Gasteiger partial charge in [-0.05, 0) is 57.1 Å². The molecule has 2 aliphatic rings. The number of piperidine rings is 1. The van der Waals surface area contributed by atoms with E-state index in [1.54, 1.807) is 0 Å². The molecule has 1 aromatic carbocycles. The Labute approximate surface area is 158 Å². The molecule has 0 saturated carbocycles. The molecule has 27 heavy (non-hydrogen) atoms. The van der Waals surface area contributed by atoms with Crippen molar-refractivity contribution < 1.29 is 14.7 Å². The van der Waals surface area contributed by atoms with Crippen molar-refractivity contribution in [3.05, 3.63) is 46.8 Å². The Balaban J connectivity index is 1.56. The van der Waals surface area contributed by atoms with Crippen molar-refractivity contribution in [2.24, 2.45) is 5.92 Å². The molecule has 6 nitrogen and oxygen atoms in total. The number of benzene rings is 1. The van der Waals surface area contributed by atoms with E-state index in [4.69, 9.17) is 10.2 Å². The van der Waals surface area contributed by atoms with Gasteiger partial charge in [0, 0.05) is 30.8 Å². The first kappa shape index (κ1) is 17.8. The molecule has 0 radical (unpaired) electrons. The first-order valence-corrected chi connectivity index (χ1v) is 9.72. The number of likely N-dealkylation sites (tertiary alicyclic amines) is 1. The van der Waals surface area contributed by atoms with E-state index in [1.807, 2.05) is 21.7 Å². The molecule has 6 heteroatoms. The predicted molar refractivity (Wildman–Crippen MR) is 101 cm³/mol. The van der Waals surface area contributed by atoms with Gasteiger partial charge >= 0.3 is 5.97 Å². The van der Waals surface area contributed by atoms with Gasteiger partial charge in [0.05, 0.1) is 5.69 Å². The van der Waals surface area contributed by atoms with Crippen molar-refractivity contribution in [3.63, 3.8) is 0 Å². The van der Waals surface area contributed by atoms with Crippen LogP contribution in [0, 0.1) is 12.8 Å². The smallest absolute Gasteiger partial charge is 0.303 e. The van der Waals surface area contributed by atoms with Crippen LogP contribution in [0.5, 0.6) is 0 Å². The van der Waals surface area contributed by atoms with Crippen LogP contribution in [0.25, 0.3) is 5.69 Å². The molecular formula is C21H25N3O3. The van der Waals surface area contributed by atoms with Crippen LogP contribution in [-0.4, -0.2) is 44.8 Å². The number of aromatic nitrogens is 2. The molecule has 142 valence electrons. The third-order valence-corrected chi connectivity index (χ3v) is 5.78. The Morgan fingerprint density at radius 2 is 1.85 bits per heavy atom. The van der Waals surface area contributed by atoms with E-state index in [0.29, 0.717) is 18.8 Å².